The fourth-order valence-corrected chi connectivity index (χ4v) is 5.34. The predicted molar refractivity (Wildman–Crippen MR) is 159 cm³/mol. The highest BCUT2D eigenvalue weighted by atomic mass is 35.5. The fraction of sp³-hybridized carbons (Fsp3) is 0.276. The molecule has 1 aliphatic rings. The molecule has 0 aliphatic carbocycles. The lowest BCUT2D eigenvalue weighted by Gasteiger charge is -2.22. The van der Waals surface area contributed by atoms with Gasteiger partial charge in [-0.1, -0.05) is 24.9 Å². The molecule has 0 fully saturated rings. The van der Waals surface area contributed by atoms with Crippen LogP contribution in [-0.4, -0.2) is 57.7 Å². The normalized spacial score (nSPS) is 16.8. The SMILES string of the molecule is C[C@@H]1CCC[C@H](n2cnc(-c3cc(Cl)cc4[nH]ncc34)cc2=O)c2cc(ccn2)-c2c(cnn2C(F)F)NC1=O.O=C(O)C(F)(F)F. The number of hydrogen-bond donors (Lipinski definition) is 3. The number of halogens is 6. The summed E-state index contributed by atoms with van der Waals surface area (Å²) < 4.78 is 61.5. The molecule has 0 saturated carbocycles. The van der Waals surface area contributed by atoms with Gasteiger partial charge in [0.1, 0.15) is 0 Å². The molecule has 246 valence electrons. The summed E-state index contributed by atoms with van der Waals surface area (Å²) in [7, 11) is 0. The zero-order chi connectivity index (χ0) is 34.0. The van der Waals surface area contributed by atoms with Gasteiger partial charge in [-0.25, -0.2) is 14.5 Å². The molecule has 1 aliphatic heterocycles. The lowest BCUT2D eigenvalue weighted by molar-refractivity contribution is -0.192. The van der Waals surface area contributed by atoms with Gasteiger partial charge in [-0.2, -0.15) is 32.1 Å². The number of amides is 1. The van der Waals surface area contributed by atoms with Gasteiger partial charge in [-0.05, 0) is 37.1 Å². The monoisotopic (exact) mass is 678 g/mol. The summed E-state index contributed by atoms with van der Waals surface area (Å²) >= 11 is 6.28. The van der Waals surface area contributed by atoms with Crippen LogP contribution in [0.15, 0.2) is 60.0 Å². The molecule has 12 nitrogen and oxygen atoms in total. The van der Waals surface area contributed by atoms with Gasteiger partial charge in [0.25, 0.3) is 5.56 Å². The molecule has 4 aromatic heterocycles. The smallest absolute Gasteiger partial charge is 0.475 e. The van der Waals surface area contributed by atoms with Crippen molar-refractivity contribution >= 4 is 40.1 Å². The Morgan fingerprint density at radius 1 is 1.11 bits per heavy atom. The number of benzene rings is 1. The van der Waals surface area contributed by atoms with E-state index >= 15 is 0 Å². The Balaban J connectivity index is 0.000000559. The maximum absolute atomic E-state index is 13.9. The summed E-state index contributed by atoms with van der Waals surface area (Å²) in [6.07, 6.45) is 2.32. The Morgan fingerprint density at radius 2 is 1.85 bits per heavy atom. The molecule has 0 spiro atoms. The molecule has 2 bridgehead atoms. The summed E-state index contributed by atoms with van der Waals surface area (Å²) in [5, 5.41) is 21.9. The minimum absolute atomic E-state index is 0.0597. The average Bonchev–Trinajstić information content (AvgIpc) is 3.66. The van der Waals surface area contributed by atoms with E-state index in [9.17, 15) is 31.5 Å². The van der Waals surface area contributed by atoms with Gasteiger partial charge in [0.2, 0.25) is 5.91 Å². The van der Waals surface area contributed by atoms with Crippen molar-refractivity contribution in [1.82, 2.24) is 34.5 Å². The van der Waals surface area contributed by atoms with Crippen LogP contribution >= 0.6 is 11.6 Å². The maximum Gasteiger partial charge on any atom is 0.490 e. The molecule has 1 amide bonds. The molecule has 2 atom stereocenters. The second-order valence-corrected chi connectivity index (χ2v) is 11.0. The highest BCUT2D eigenvalue weighted by Gasteiger charge is 2.38. The number of hydrogen-bond acceptors (Lipinski definition) is 7. The van der Waals surface area contributed by atoms with E-state index in [4.69, 9.17) is 21.5 Å². The number of carboxylic acids is 1. The number of pyridine rings is 1. The highest BCUT2D eigenvalue weighted by Crippen LogP contribution is 2.35. The summed E-state index contributed by atoms with van der Waals surface area (Å²) in [5.41, 5.74) is 2.61. The number of nitrogens with zero attached hydrogens (tertiary/aromatic N) is 6. The first-order valence-electron chi connectivity index (χ1n) is 13.9. The third kappa shape index (κ3) is 7.14. The average molecular weight is 679 g/mol. The Kier molecular flexibility index (Phi) is 9.37. The lowest BCUT2D eigenvalue weighted by Crippen LogP contribution is -2.27. The van der Waals surface area contributed by atoms with Crippen LogP contribution in [-0.2, 0) is 9.59 Å². The second kappa shape index (κ2) is 13.3. The van der Waals surface area contributed by atoms with Gasteiger partial charge in [-0.3, -0.25) is 24.2 Å². The van der Waals surface area contributed by atoms with E-state index in [2.05, 4.69) is 30.6 Å². The summed E-state index contributed by atoms with van der Waals surface area (Å²) in [4.78, 5) is 44.3. The van der Waals surface area contributed by atoms with Crippen LogP contribution in [0.1, 0.15) is 44.5 Å². The molecule has 47 heavy (non-hydrogen) atoms. The van der Waals surface area contributed by atoms with E-state index < -0.39 is 30.7 Å². The Morgan fingerprint density at radius 3 is 2.53 bits per heavy atom. The van der Waals surface area contributed by atoms with Gasteiger partial charge in [0.15, 0.2) is 0 Å². The number of alkyl halides is 5. The third-order valence-corrected chi connectivity index (χ3v) is 7.63. The number of aromatic amines is 1. The summed E-state index contributed by atoms with van der Waals surface area (Å²) in [5.74, 6) is -3.45. The summed E-state index contributed by atoms with van der Waals surface area (Å²) in [6.45, 7) is -1.15. The van der Waals surface area contributed by atoms with Crippen molar-refractivity contribution < 1.29 is 36.6 Å². The first-order chi connectivity index (χ1) is 22.2. The van der Waals surface area contributed by atoms with E-state index in [1.54, 1.807) is 37.4 Å². The van der Waals surface area contributed by atoms with Gasteiger partial charge < -0.3 is 10.4 Å². The van der Waals surface area contributed by atoms with Crippen molar-refractivity contribution in [2.24, 2.45) is 5.92 Å². The van der Waals surface area contributed by atoms with Crippen molar-refractivity contribution in [2.45, 2.75) is 45.0 Å². The van der Waals surface area contributed by atoms with Gasteiger partial charge >= 0.3 is 18.7 Å². The van der Waals surface area contributed by atoms with Crippen LogP contribution in [0.4, 0.5) is 27.6 Å². The quantitative estimate of drug-likeness (QED) is 0.194. The van der Waals surface area contributed by atoms with Crippen molar-refractivity contribution in [3.8, 4) is 22.5 Å². The first-order valence-corrected chi connectivity index (χ1v) is 14.3. The van der Waals surface area contributed by atoms with Crippen molar-refractivity contribution in [1.29, 1.82) is 0 Å². The van der Waals surface area contributed by atoms with Crippen LogP contribution in [0, 0.1) is 5.92 Å². The van der Waals surface area contributed by atoms with E-state index in [0.717, 1.165) is 10.9 Å². The minimum Gasteiger partial charge on any atom is -0.475 e. The topological polar surface area (TPSA) is 161 Å². The molecular weight excluding hydrogens is 655 g/mol. The molecule has 0 unspecified atom stereocenters. The Hall–Kier alpha value is -5.19. The third-order valence-electron chi connectivity index (χ3n) is 7.41. The van der Waals surface area contributed by atoms with Crippen LogP contribution in [0.25, 0.3) is 33.4 Å². The van der Waals surface area contributed by atoms with Crippen LogP contribution < -0.4 is 10.9 Å². The number of carbonyl (C=O) groups is 2. The van der Waals surface area contributed by atoms with Crippen molar-refractivity contribution in [3.05, 3.63) is 76.3 Å². The number of rotatable bonds is 3. The van der Waals surface area contributed by atoms with E-state index in [1.165, 1.54) is 29.4 Å². The number of carboxylic acid groups (broad SMARTS) is 1. The van der Waals surface area contributed by atoms with E-state index in [-0.39, 0.29) is 22.8 Å². The molecule has 5 heterocycles. The number of H-pyrrole nitrogens is 1. The number of aliphatic carboxylic acids is 1. The van der Waals surface area contributed by atoms with Gasteiger partial charge in [0.05, 0.1) is 53.0 Å². The lowest BCUT2D eigenvalue weighted by atomic mass is 9.97. The molecule has 5 aromatic rings. The molecule has 0 saturated heterocycles. The van der Waals surface area contributed by atoms with Crippen LogP contribution in [0.2, 0.25) is 5.02 Å². The van der Waals surface area contributed by atoms with Crippen LogP contribution in [0.3, 0.4) is 0 Å². The molecule has 18 heteroatoms. The molecular formula is C29H24ClF5N8O4. The van der Waals surface area contributed by atoms with Crippen molar-refractivity contribution in [3.63, 3.8) is 0 Å². The number of aromatic nitrogens is 7. The fourth-order valence-electron chi connectivity index (χ4n) is 5.12. The van der Waals surface area contributed by atoms with E-state index in [0.29, 0.717) is 51.5 Å². The number of anilines is 1. The zero-order valence-corrected chi connectivity index (χ0v) is 24.9. The first kappa shape index (κ1) is 33.2. The Bertz CT molecular complexity index is 2010. The van der Waals surface area contributed by atoms with Gasteiger partial charge in [-0.15, -0.1) is 0 Å². The molecule has 1 aromatic carbocycles. The van der Waals surface area contributed by atoms with Crippen molar-refractivity contribution in [2.75, 3.05) is 5.32 Å². The molecule has 0 radical (unpaired) electrons. The van der Waals surface area contributed by atoms with Gasteiger partial charge in [0, 0.05) is 39.7 Å². The standard InChI is InChI=1S/C27H23ClF2N8O2.C2HF3O2/c1-14-3-2-4-23(21-7-15(5-6-31-21)25-22(35-26(14)40)12-34-38(25)27(29)30)37-13-32-19(10-24(37)39)17-8-16(28)9-20-18(17)11-33-36-20;3-2(4,5)1(6)7/h5-14,23,27H,2-4H2,1H3,(H,33,36)(H,35,40);(H,6,7)/t14-,23+;/m1./s1. The minimum atomic E-state index is -5.08. The van der Waals surface area contributed by atoms with E-state index in [1.807, 2.05) is 0 Å². The number of fused-ring (bicyclic) bond motifs is 5. The second-order valence-electron chi connectivity index (χ2n) is 10.5. The molecule has 6 rings (SSSR count). The maximum atomic E-state index is 13.9. The summed E-state index contributed by atoms with van der Waals surface area (Å²) in [6, 6.07) is 7.56. The molecule has 3 N–H and O–H groups in total. The number of nitrogens with one attached hydrogen (secondary N) is 2. The zero-order valence-electron chi connectivity index (χ0n) is 24.2. The number of carbonyl (C=O) groups excluding carboxylic acids is 1. The predicted octanol–water partition coefficient (Wildman–Crippen LogP) is 6.07. The largest absolute Gasteiger partial charge is 0.490 e. The highest BCUT2D eigenvalue weighted by molar-refractivity contribution is 6.31. The van der Waals surface area contributed by atoms with Crippen LogP contribution in [0.5, 0.6) is 0 Å². The Labute approximate surface area is 266 Å².